The van der Waals surface area contributed by atoms with Crippen molar-refractivity contribution in [3.05, 3.63) is 0 Å². The summed E-state index contributed by atoms with van der Waals surface area (Å²) in [6.45, 7) is 8.76. The third-order valence-electron chi connectivity index (χ3n) is 10.7. The number of hydrogen-bond donors (Lipinski definition) is 1. The molecule has 0 spiro atoms. The van der Waals surface area contributed by atoms with Gasteiger partial charge in [0, 0.05) is 5.92 Å². The van der Waals surface area contributed by atoms with Gasteiger partial charge < -0.3 is 10.1 Å². The Bertz CT molecular complexity index is 657. The van der Waals surface area contributed by atoms with Crippen molar-refractivity contribution in [1.82, 2.24) is 5.32 Å². The number of carbonyl (C=O) groups excluding carboxylic acids is 2. The molecule has 0 aromatic heterocycles. The third-order valence-corrected chi connectivity index (χ3v) is 10.7. The number of esters is 1. The van der Waals surface area contributed by atoms with Crippen LogP contribution in [0.25, 0.3) is 0 Å². The molecule has 0 aromatic rings. The highest BCUT2D eigenvalue weighted by Gasteiger charge is 2.26. The molecule has 0 bridgehead atoms. The van der Waals surface area contributed by atoms with Crippen LogP contribution < -0.4 is 5.32 Å². The molecule has 0 rings (SSSR count). The van der Waals surface area contributed by atoms with E-state index in [0.717, 1.165) is 25.7 Å². The smallest absolute Gasteiger partial charge is 0.328 e. The fourth-order valence-electron chi connectivity index (χ4n) is 7.40. The highest BCUT2D eigenvalue weighted by Crippen LogP contribution is 2.22. The first-order valence-corrected chi connectivity index (χ1v) is 22.3. The summed E-state index contributed by atoms with van der Waals surface area (Å²) in [5.41, 5.74) is 0. The van der Waals surface area contributed by atoms with Crippen molar-refractivity contribution in [3.63, 3.8) is 0 Å². The predicted octanol–water partition coefficient (Wildman–Crippen LogP) is 14.6. The van der Waals surface area contributed by atoms with E-state index in [9.17, 15) is 9.59 Å². The maximum absolute atomic E-state index is 13.4. The van der Waals surface area contributed by atoms with Crippen molar-refractivity contribution in [2.45, 2.75) is 258 Å². The molecule has 0 aliphatic carbocycles. The molecule has 0 radical (unpaired) electrons. The van der Waals surface area contributed by atoms with Gasteiger partial charge in [0.25, 0.3) is 0 Å². The minimum absolute atomic E-state index is 0.0117. The number of hydrogen-bond acceptors (Lipinski definition) is 3. The van der Waals surface area contributed by atoms with E-state index in [1.165, 1.54) is 200 Å². The van der Waals surface area contributed by atoms with Crippen molar-refractivity contribution in [1.29, 1.82) is 0 Å². The summed E-state index contributed by atoms with van der Waals surface area (Å²) < 4.78 is 5.03. The fraction of sp³-hybridized carbons (Fsp3) is 0.956. The molecular weight excluding hydrogens is 602 g/mol. The van der Waals surface area contributed by atoms with Gasteiger partial charge in [-0.05, 0) is 25.2 Å². The molecule has 0 saturated heterocycles. The van der Waals surface area contributed by atoms with Crippen molar-refractivity contribution in [2.24, 2.45) is 11.8 Å². The lowest BCUT2D eigenvalue weighted by molar-refractivity contribution is -0.146. The fourth-order valence-corrected chi connectivity index (χ4v) is 7.40. The Morgan fingerprint density at radius 1 is 0.449 bits per heavy atom. The lowest BCUT2D eigenvalue weighted by Gasteiger charge is -2.22. The average molecular weight is 692 g/mol. The molecule has 1 amide bonds. The van der Waals surface area contributed by atoms with Gasteiger partial charge in [0.05, 0.1) is 7.11 Å². The van der Waals surface area contributed by atoms with Gasteiger partial charge in [0.2, 0.25) is 5.91 Å². The van der Waals surface area contributed by atoms with Gasteiger partial charge in [-0.3, -0.25) is 4.79 Å². The summed E-state index contributed by atoms with van der Waals surface area (Å²) in [6.07, 6.45) is 46.1. The van der Waals surface area contributed by atoms with Gasteiger partial charge in [-0.2, -0.15) is 0 Å². The molecule has 0 aromatic carbocycles. The predicted molar refractivity (Wildman–Crippen MR) is 215 cm³/mol. The number of methoxy groups -OCH3 is 1. The first-order valence-electron chi connectivity index (χ1n) is 22.3. The van der Waals surface area contributed by atoms with Gasteiger partial charge >= 0.3 is 5.97 Å². The van der Waals surface area contributed by atoms with Crippen molar-refractivity contribution < 1.29 is 14.3 Å². The number of rotatable bonds is 39. The first-order chi connectivity index (χ1) is 24.0. The second-order valence-corrected chi connectivity index (χ2v) is 16.1. The van der Waals surface area contributed by atoms with Crippen LogP contribution in [0, 0.1) is 11.8 Å². The van der Waals surface area contributed by atoms with Crippen LogP contribution in [0.5, 0.6) is 0 Å². The van der Waals surface area contributed by atoms with Gasteiger partial charge in [0.1, 0.15) is 6.04 Å². The number of unbranched alkanes of at least 4 members (excludes halogenated alkanes) is 30. The highest BCUT2D eigenvalue weighted by molar-refractivity contribution is 5.85. The zero-order valence-electron chi connectivity index (χ0n) is 34.2. The van der Waals surface area contributed by atoms with Crippen molar-refractivity contribution in [2.75, 3.05) is 7.11 Å². The molecular formula is C45H89NO3. The molecule has 1 atom stereocenters. The SMILES string of the molecule is CCCCCCCCCCCCCCCCCCC(CCCCCCCCCCCCCCCCCC)C(=O)N[C@@H](CC(C)C)C(=O)OC. The second kappa shape index (κ2) is 38.2. The monoisotopic (exact) mass is 692 g/mol. The minimum atomic E-state index is -0.531. The molecule has 0 unspecified atom stereocenters. The van der Waals surface area contributed by atoms with Gasteiger partial charge in [-0.1, -0.05) is 233 Å². The third kappa shape index (κ3) is 33.8. The molecule has 1 N–H and O–H groups in total. The van der Waals surface area contributed by atoms with Crippen LogP contribution in [0.15, 0.2) is 0 Å². The van der Waals surface area contributed by atoms with E-state index < -0.39 is 6.04 Å². The average Bonchev–Trinajstić information content (AvgIpc) is 3.09. The van der Waals surface area contributed by atoms with E-state index >= 15 is 0 Å². The Morgan fingerprint density at radius 2 is 0.714 bits per heavy atom. The van der Waals surface area contributed by atoms with Crippen molar-refractivity contribution in [3.8, 4) is 0 Å². The molecule has 0 aliphatic heterocycles. The van der Waals surface area contributed by atoms with Crippen LogP contribution in [0.3, 0.4) is 0 Å². The molecule has 0 saturated carbocycles. The quantitative estimate of drug-likeness (QED) is 0.0515. The molecule has 0 fully saturated rings. The maximum atomic E-state index is 13.4. The van der Waals surface area contributed by atoms with E-state index in [1.54, 1.807) is 0 Å². The molecule has 4 nitrogen and oxygen atoms in total. The van der Waals surface area contributed by atoms with Crippen LogP contribution >= 0.6 is 0 Å². The van der Waals surface area contributed by atoms with Gasteiger partial charge in [-0.25, -0.2) is 4.79 Å². The van der Waals surface area contributed by atoms with Crippen LogP contribution in [0.4, 0.5) is 0 Å². The normalized spacial score (nSPS) is 12.2. The Kier molecular flexibility index (Phi) is 37.4. The Morgan fingerprint density at radius 3 is 0.959 bits per heavy atom. The summed E-state index contributed by atoms with van der Waals surface area (Å²) >= 11 is 0. The van der Waals surface area contributed by atoms with E-state index in [-0.39, 0.29) is 17.8 Å². The Labute approximate surface area is 308 Å². The summed E-state index contributed by atoms with van der Waals surface area (Å²) in [7, 11) is 1.42. The van der Waals surface area contributed by atoms with E-state index in [4.69, 9.17) is 4.74 Å². The standard InChI is InChI=1S/C45H89NO3/c1-6-8-10-12-14-16-18-20-22-24-26-28-30-32-34-36-38-42(44(47)46-43(40-41(3)4)45(48)49-5)39-37-35-33-31-29-27-25-23-21-19-17-15-13-11-9-7-2/h41-43H,6-40H2,1-5H3,(H,46,47)/t43-/m0/s1. The topological polar surface area (TPSA) is 55.4 Å². The lowest BCUT2D eigenvalue weighted by atomic mass is 9.92. The summed E-state index contributed by atoms with van der Waals surface area (Å²) in [6, 6.07) is -0.531. The van der Waals surface area contributed by atoms with E-state index in [0.29, 0.717) is 12.3 Å². The van der Waals surface area contributed by atoms with Crippen LogP contribution in [-0.2, 0) is 14.3 Å². The zero-order valence-corrected chi connectivity index (χ0v) is 34.2. The van der Waals surface area contributed by atoms with Crippen molar-refractivity contribution >= 4 is 11.9 Å². The lowest BCUT2D eigenvalue weighted by Crippen LogP contribution is -2.45. The Hall–Kier alpha value is -1.06. The number of nitrogens with one attached hydrogen (secondary N) is 1. The zero-order chi connectivity index (χ0) is 36.0. The van der Waals surface area contributed by atoms with E-state index in [2.05, 4.69) is 33.0 Å². The van der Waals surface area contributed by atoms with Crippen LogP contribution in [0.2, 0.25) is 0 Å². The maximum Gasteiger partial charge on any atom is 0.328 e. The van der Waals surface area contributed by atoms with Crippen LogP contribution in [0.1, 0.15) is 252 Å². The van der Waals surface area contributed by atoms with Crippen LogP contribution in [-0.4, -0.2) is 25.0 Å². The Balaban J connectivity index is 4.21. The largest absolute Gasteiger partial charge is 0.467 e. The second-order valence-electron chi connectivity index (χ2n) is 16.1. The summed E-state index contributed by atoms with van der Waals surface area (Å²) in [5, 5.41) is 3.09. The molecule has 4 heteroatoms. The van der Waals surface area contributed by atoms with Gasteiger partial charge in [0.15, 0.2) is 0 Å². The summed E-state index contributed by atoms with van der Waals surface area (Å²) in [4.78, 5) is 25.8. The number of carbonyl (C=O) groups is 2. The first kappa shape index (κ1) is 47.9. The molecule has 292 valence electrons. The number of ether oxygens (including phenoxy) is 1. The summed E-state index contributed by atoms with van der Waals surface area (Å²) in [5.74, 6) is 0.0877. The minimum Gasteiger partial charge on any atom is -0.467 e. The van der Waals surface area contributed by atoms with E-state index in [1.807, 2.05) is 0 Å². The van der Waals surface area contributed by atoms with Gasteiger partial charge in [-0.15, -0.1) is 0 Å². The molecule has 0 aliphatic rings. The number of amides is 1. The highest BCUT2D eigenvalue weighted by atomic mass is 16.5. The molecule has 49 heavy (non-hydrogen) atoms. The molecule has 0 heterocycles.